The minimum Gasteiger partial charge on any atom is -0.0590 e. The number of hydrogen-bond acceptors (Lipinski definition) is 14. The van der Waals surface area contributed by atoms with Crippen molar-refractivity contribution in [1.29, 1.82) is 0 Å². The average Bonchev–Trinajstić information content (AvgIpc) is 4.07. The maximum absolute atomic E-state index is 14.6. The second kappa shape index (κ2) is 16.6. The minimum absolute atomic E-state index is 0.0901. The number of amidine groups is 2. The van der Waals surface area contributed by atoms with Crippen molar-refractivity contribution < 1.29 is 57.2 Å². The Morgan fingerprint density at radius 2 is 0.925 bits per heavy atom. The summed E-state index contributed by atoms with van der Waals surface area (Å²) in [5, 5.41) is 21.2. The van der Waals surface area contributed by atoms with Crippen LogP contribution in [0.5, 0.6) is 11.5 Å². The molecular weight excluding hydrogens is 1090 g/mol. The molecule has 6 heterocycles. The number of rotatable bonds is 10. The number of pyridine rings is 2. The van der Waals surface area contributed by atoms with Crippen LogP contribution in [-0.2, 0) is 55.1 Å². The Morgan fingerprint density at radius 1 is 0.537 bits per heavy atom. The van der Waals surface area contributed by atoms with Gasteiger partial charge in [0.15, 0.2) is 0 Å². The first-order chi connectivity index (χ1) is 32.1. The summed E-state index contributed by atoms with van der Waals surface area (Å²) >= 11 is -2.91. The van der Waals surface area contributed by atoms with E-state index in [0.29, 0.717) is 22.9 Å². The van der Waals surface area contributed by atoms with E-state index in [4.69, 9.17) is 5.29 Å². The number of benzene rings is 4. The van der Waals surface area contributed by atoms with Gasteiger partial charge in [-0.15, -0.1) is 0 Å². The van der Waals surface area contributed by atoms with Crippen molar-refractivity contribution in [3.63, 3.8) is 0 Å². The summed E-state index contributed by atoms with van der Waals surface area (Å²) in [4.78, 5) is 34.6. The zero-order valence-electron chi connectivity index (χ0n) is 37.0. The fourth-order valence-corrected chi connectivity index (χ4v) is 15.1. The smallest absolute Gasteiger partial charge is 0.0590 e. The summed E-state index contributed by atoms with van der Waals surface area (Å²) in [6.45, 7) is 10.2. The first-order valence-electron chi connectivity index (χ1n) is 21.2. The van der Waals surface area contributed by atoms with Crippen LogP contribution in [0, 0.1) is 25.7 Å². The number of fused-ring (bicyclic) bond motifs is 4. The predicted molar refractivity (Wildman–Crippen MR) is 244 cm³/mol. The third-order valence-electron chi connectivity index (χ3n) is 12.2. The standard InChI is InChI=1S/2C23H21N5O4S.Hg/c2*1-13-6-8-16(9-7-13)22-20-14(2)25-28(23(20)26-27(22)15(3)29)33(31,32)19-11-10-18(30)21-17(19)5-4-12-24-21;/h2*4-12,20,22,30H,1-3H3;/q;;+2/p-2. The van der Waals surface area contributed by atoms with Crippen LogP contribution in [0.2, 0.25) is 0 Å². The van der Waals surface area contributed by atoms with E-state index < -0.39 is 69.5 Å². The summed E-state index contributed by atoms with van der Waals surface area (Å²) < 4.78 is 72.8. The van der Waals surface area contributed by atoms with Crippen LogP contribution in [0.15, 0.2) is 140 Å². The van der Waals surface area contributed by atoms with Crippen LogP contribution < -0.4 is 5.29 Å². The number of hydrazone groups is 4. The van der Waals surface area contributed by atoms with Gasteiger partial charge in [-0.2, -0.15) is 0 Å². The number of aryl methyl sites for hydroxylation is 2. The van der Waals surface area contributed by atoms with Crippen molar-refractivity contribution in [3.05, 3.63) is 132 Å². The molecule has 4 unspecified atom stereocenters. The van der Waals surface area contributed by atoms with Crippen LogP contribution >= 0.6 is 0 Å². The van der Waals surface area contributed by atoms with Gasteiger partial charge in [0, 0.05) is 0 Å². The van der Waals surface area contributed by atoms with Gasteiger partial charge < -0.3 is 0 Å². The fourth-order valence-electron chi connectivity index (χ4n) is 9.04. The van der Waals surface area contributed by atoms with Crippen molar-refractivity contribution in [2.45, 2.75) is 63.4 Å². The quantitative estimate of drug-likeness (QED) is 0.134. The number of carbonyl (C=O) groups is 2. The number of nitrogens with zero attached hydrogens (tertiary/aromatic N) is 10. The van der Waals surface area contributed by atoms with Crippen molar-refractivity contribution in [2.24, 2.45) is 32.2 Å². The molecule has 18 nitrogen and oxygen atoms in total. The first kappa shape index (κ1) is 44.2. The molecule has 0 saturated carbocycles. The zero-order valence-corrected chi connectivity index (χ0v) is 44.1. The molecular formula is C46H40HgN10O8S2. The van der Waals surface area contributed by atoms with E-state index in [1.807, 2.05) is 62.4 Å². The van der Waals surface area contributed by atoms with Crippen molar-refractivity contribution in [2.75, 3.05) is 0 Å². The van der Waals surface area contributed by atoms with E-state index in [2.05, 4.69) is 30.4 Å². The predicted octanol–water partition coefficient (Wildman–Crippen LogP) is 6.60. The molecule has 0 fully saturated rings. The average molecular weight is 1130 g/mol. The Bertz CT molecular complexity index is 3210. The molecule has 2 aromatic heterocycles. The normalized spacial score (nSPS) is 20.0. The second-order valence-corrected chi connectivity index (χ2v) is 23.3. The van der Waals surface area contributed by atoms with Crippen LogP contribution in [0.25, 0.3) is 21.8 Å². The number of aromatic nitrogens is 2. The van der Waals surface area contributed by atoms with E-state index in [-0.39, 0.29) is 55.1 Å². The fraction of sp³-hybridized carbons (Fsp3) is 0.217. The van der Waals surface area contributed by atoms with Gasteiger partial charge in [-0.3, -0.25) is 0 Å². The van der Waals surface area contributed by atoms with Crippen molar-refractivity contribution in [1.82, 2.24) is 28.8 Å². The SMILES string of the molecule is CC(=O)N1N=C2C(C(C)=NN2S(=O)(=O)c2ccc([O][Hg][O]c3ccc(S(=O)(=O)N4N=C(C)C5C4=NN(C(C)=O)C5c4ccc(C)cc4)c4cccnc34)c3ncccc23)C1c1ccc(C)cc1. The van der Waals surface area contributed by atoms with Crippen LogP contribution in [0.1, 0.15) is 62.0 Å². The van der Waals surface area contributed by atoms with Gasteiger partial charge in [-0.25, -0.2) is 0 Å². The molecule has 67 heavy (non-hydrogen) atoms. The third kappa shape index (κ3) is 7.32. The van der Waals surface area contributed by atoms with Crippen molar-refractivity contribution >= 4 is 76.8 Å². The summed E-state index contributed by atoms with van der Waals surface area (Å²) in [5.41, 5.74) is 5.19. The first-order valence-corrected chi connectivity index (χ1v) is 28.5. The molecule has 336 valence electrons. The number of carbonyl (C=O) groups excluding carboxylic acids is 2. The summed E-state index contributed by atoms with van der Waals surface area (Å²) in [5.74, 6) is -1.04. The van der Waals surface area contributed by atoms with E-state index >= 15 is 0 Å². The molecule has 4 aliphatic rings. The topological polar surface area (TPSA) is 209 Å². The number of sulfonamides is 2. The molecule has 0 bridgehead atoms. The Kier molecular flexibility index (Phi) is 11.0. The molecule has 0 aliphatic carbocycles. The number of amides is 2. The van der Waals surface area contributed by atoms with Gasteiger partial charge in [0.25, 0.3) is 0 Å². The van der Waals surface area contributed by atoms with E-state index in [9.17, 15) is 26.4 Å². The molecule has 2 amide bonds. The summed E-state index contributed by atoms with van der Waals surface area (Å²) in [6.07, 6.45) is 3.05. The molecule has 6 aromatic rings. The molecule has 0 N–H and O–H groups in total. The molecule has 21 heteroatoms. The maximum atomic E-state index is 14.6. The minimum atomic E-state index is -4.40. The van der Waals surface area contributed by atoms with Gasteiger partial charge >= 0.3 is 352 Å². The van der Waals surface area contributed by atoms with Crippen LogP contribution in [-0.4, -0.2) is 80.6 Å². The summed E-state index contributed by atoms with van der Waals surface area (Å²) in [7, 11) is -8.80. The molecule has 10 rings (SSSR count). The van der Waals surface area contributed by atoms with Gasteiger partial charge in [-0.1, -0.05) is 35.4 Å². The molecule has 0 spiro atoms. The zero-order chi connectivity index (χ0) is 47.1. The van der Waals surface area contributed by atoms with Gasteiger partial charge in [0.2, 0.25) is 0 Å². The third-order valence-corrected chi connectivity index (χ3v) is 18.8. The Hall–Kier alpha value is -6.64. The van der Waals surface area contributed by atoms with Crippen LogP contribution in [0.4, 0.5) is 0 Å². The summed E-state index contributed by atoms with van der Waals surface area (Å²) in [6, 6.07) is 26.6. The Morgan fingerprint density at radius 3 is 1.30 bits per heavy atom. The Labute approximate surface area is 399 Å². The van der Waals surface area contributed by atoms with Crippen molar-refractivity contribution in [3.8, 4) is 11.5 Å². The van der Waals surface area contributed by atoms with E-state index in [0.717, 1.165) is 31.1 Å². The molecule has 0 radical (unpaired) electrons. The molecule has 4 aromatic carbocycles. The van der Waals surface area contributed by atoms with Gasteiger partial charge in [-0.05, 0) is 13.8 Å². The van der Waals surface area contributed by atoms with Gasteiger partial charge in [0.1, 0.15) is 0 Å². The number of hydrogen-bond donors (Lipinski definition) is 0. The monoisotopic (exact) mass is 1130 g/mol. The molecule has 0 saturated heterocycles. The second-order valence-electron chi connectivity index (χ2n) is 16.6. The van der Waals surface area contributed by atoms with E-state index in [1.165, 1.54) is 60.5 Å². The Balaban J connectivity index is 0.905. The van der Waals surface area contributed by atoms with Gasteiger partial charge in [0.05, 0.1) is 0 Å². The van der Waals surface area contributed by atoms with E-state index in [1.54, 1.807) is 38.1 Å². The molecule has 4 atom stereocenters. The van der Waals surface area contributed by atoms with Crippen LogP contribution in [0.3, 0.4) is 0 Å². The molecule has 4 aliphatic heterocycles.